The van der Waals surface area contributed by atoms with Crippen LogP contribution in [0.25, 0.3) is 0 Å². The van der Waals surface area contributed by atoms with E-state index in [-0.39, 0.29) is 0 Å². The van der Waals surface area contributed by atoms with Crippen molar-refractivity contribution in [1.29, 1.82) is 0 Å². The van der Waals surface area contributed by atoms with Crippen molar-refractivity contribution in [2.24, 2.45) is 0 Å². The van der Waals surface area contributed by atoms with Crippen LogP contribution in [0.15, 0.2) is 0 Å². The van der Waals surface area contributed by atoms with Crippen molar-refractivity contribution >= 4 is 5.82 Å². The second-order valence-electron chi connectivity index (χ2n) is 4.73. The number of ether oxygens (including phenoxy) is 3. The molecule has 6 nitrogen and oxygen atoms in total. The summed E-state index contributed by atoms with van der Waals surface area (Å²) in [7, 11) is 3.54. The lowest BCUT2D eigenvalue weighted by atomic mass is 10.3. The standard InChI is InChI=1S/C15H27N3O3/c1-5-7-13-17-14(16-3)12(2)15(18-13)21-11-10-20-9-6-8-19-4/h5-11H2,1-4H3,(H,16,17,18). The molecule has 0 spiro atoms. The average Bonchev–Trinajstić information content (AvgIpc) is 2.49. The Morgan fingerprint density at radius 1 is 1.10 bits per heavy atom. The highest BCUT2D eigenvalue weighted by Crippen LogP contribution is 2.22. The Labute approximate surface area is 127 Å². The molecule has 1 aromatic heterocycles. The Hall–Kier alpha value is -1.40. The van der Waals surface area contributed by atoms with Crippen LogP contribution in [-0.2, 0) is 15.9 Å². The number of hydrogen-bond donors (Lipinski definition) is 1. The largest absolute Gasteiger partial charge is 0.475 e. The van der Waals surface area contributed by atoms with Crippen molar-refractivity contribution in [2.45, 2.75) is 33.1 Å². The van der Waals surface area contributed by atoms with Crippen LogP contribution in [0.1, 0.15) is 31.2 Å². The minimum atomic E-state index is 0.486. The van der Waals surface area contributed by atoms with Crippen molar-refractivity contribution in [3.63, 3.8) is 0 Å². The fourth-order valence-electron chi connectivity index (χ4n) is 1.86. The Bertz CT molecular complexity index is 413. The van der Waals surface area contributed by atoms with E-state index in [9.17, 15) is 0 Å². The molecule has 0 radical (unpaired) electrons. The van der Waals surface area contributed by atoms with Crippen LogP contribution in [0, 0.1) is 6.92 Å². The third kappa shape index (κ3) is 6.27. The minimum absolute atomic E-state index is 0.486. The molecule has 0 aliphatic heterocycles. The first-order chi connectivity index (χ1) is 10.2. The predicted octanol–water partition coefficient (Wildman–Crippen LogP) is 2.21. The Kier molecular flexibility index (Phi) is 8.69. The molecule has 0 bridgehead atoms. The molecule has 0 atom stereocenters. The van der Waals surface area contributed by atoms with Gasteiger partial charge in [0.1, 0.15) is 18.2 Å². The van der Waals surface area contributed by atoms with E-state index < -0.39 is 0 Å². The fourth-order valence-corrected chi connectivity index (χ4v) is 1.86. The predicted molar refractivity (Wildman–Crippen MR) is 83.1 cm³/mol. The second-order valence-corrected chi connectivity index (χ2v) is 4.73. The van der Waals surface area contributed by atoms with Crippen molar-refractivity contribution < 1.29 is 14.2 Å². The Morgan fingerprint density at radius 3 is 2.57 bits per heavy atom. The van der Waals surface area contributed by atoms with Crippen LogP contribution in [0.5, 0.6) is 5.88 Å². The molecule has 0 amide bonds. The highest BCUT2D eigenvalue weighted by atomic mass is 16.5. The van der Waals surface area contributed by atoms with E-state index in [0.717, 1.165) is 43.1 Å². The summed E-state index contributed by atoms with van der Waals surface area (Å²) in [5.74, 6) is 2.27. The van der Waals surface area contributed by atoms with Gasteiger partial charge in [-0.05, 0) is 19.8 Å². The van der Waals surface area contributed by atoms with Crippen LogP contribution >= 0.6 is 0 Å². The maximum absolute atomic E-state index is 5.73. The lowest BCUT2D eigenvalue weighted by Gasteiger charge is -2.13. The van der Waals surface area contributed by atoms with Gasteiger partial charge in [0.15, 0.2) is 0 Å². The summed E-state index contributed by atoms with van der Waals surface area (Å²) < 4.78 is 16.2. The van der Waals surface area contributed by atoms with Gasteiger partial charge in [0, 0.05) is 33.8 Å². The zero-order valence-corrected chi connectivity index (χ0v) is 13.6. The summed E-state index contributed by atoms with van der Waals surface area (Å²) in [6.45, 7) is 6.50. The Balaban J connectivity index is 2.47. The van der Waals surface area contributed by atoms with E-state index in [1.807, 2.05) is 14.0 Å². The first-order valence-corrected chi connectivity index (χ1v) is 7.47. The van der Waals surface area contributed by atoms with Gasteiger partial charge in [0.25, 0.3) is 0 Å². The maximum atomic E-state index is 5.73. The van der Waals surface area contributed by atoms with Gasteiger partial charge < -0.3 is 19.5 Å². The summed E-state index contributed by atoms with van der Waals surface area (Å²) in [6.07, 6.45) is 2.75. The number of anilines is 1. The summed E-state index contributed by atoms with van der Waals surface area (Å²) in [5, 5.41) is 3.08. The fraction of sp³-hybridized carbons (Fsp3) is 0.733. The molecule has 0 aliphatic rings. The summed E-state index contributed by atoms with van der Waals surface area (Å²) in [6, 6.07) is 0. The SMILES string of the molecule is CCCc1nc(NC)c(C)c(OCCOCCCOC)n1. The van der Waals surface area contributed by atoms with Crippen LogP contribution in [0.3, 0.4) is 0 Å². The van der Waals surface area contributed by atoms with Crippen LogP contribution in [0.4, 0.5) is 5.82 Å². The Morgan fingerprint density at radius 2 is 1.90 bits per heavy atom. The molecule has 1 aromatic rings. The summed E-state index contributed by atoms with van der Waals surface area (Å²) >= 11 is 0. The lowest BCUT2D eigenvalue weighted by molar-refractivity contribution is 0.0793. The number of nitrogens with one attached hydrogen (secondary N) is 1. The lowest BCUT2D eigenvalue weighted by Crippen LogP contribution is -2.12. The zero-order valence-electron chi connectivity index (χ0n) is 13.6. The topological polar surface area (TPSA) is 65.5 Å². The summed E-state index contributed by atoms with van der Waals surface area (Å²) in [5.41, 5.74) is 0.928. The third-order valence-electron chi connectivity index (χ3n) is 2.96. The molecule has 0 unspecified atom stereocenters. The van der Waals surface area contributed by atoms with Crippen molar-refractivity contribution in [1.82, 2.24) is 9.97 Å². The van der Waals surface area contributed by atoms with Gasteiger partial charge >= 0.3 is 0 Å². The quantitative estimate of drug-likeness (QED) is 0.632. The zero-order chi connectivity index (χ0) is 15.5. The van der Waals surface area contributed by atoms with Crippen LogP contribution < -0.4 is 10.1 Å². The molecule has 1 heterocycles. The van der Waals surface area contributed by atoms with Crippen LogP contribution in [-0.4, -0.2) is 50.6 Å². The minimum Gasteiger partial charge on any atom is -0.475 e. The smallest absolute Gasteiger partial charge is 0.221 e. The number of aryl methyl sites for hydroxylation is 1. The monoisotopic (exact) mass is 297 g/mol. The molecule has 6 heteroatoms. The normalized spacial score (nSPS) is 10.7. The molecule has 0 aliphatic carbocycles. The van der Waals surface area contributed by atoms with Gasteiger partial charge in [-0.25, -0.2) is 4.98 Å². The van der Waals surface area contributed by atoms with E-state index in [1.165, 1.54) is 0 Å². The molecule has 21 heavy (non-hydrogen) atoms. The van der Waals surface area contributed by atoms with Crippen molar-refractivity contribution in [3.05, 3.63) is 11.4 Å². The number of rotatable bonds is 11. The first-order valence-electron chi connectivity index (χ1n) is 7.47. The molecule has 0 saturated carbocycles. The van der Waals surface area contributed by atoms with E-state index in [2.05, 4.69) is 22.2 Å². The first kappa shape index (κ1) is 17.7. The highest BCUT2D eigenvalue weighted by molar-refractivity contribution is 5.48. The summed E-state index contributed by atoms with van der Waals surface area (Å²) in [4.78, 5) is 8.94. The van der Waals surface area contributed by atoms with Gasteiger partial charge in [-0.2, -0.15) is 4.98 Å². The third-order valence-corrected chi connectivity index (χ3v) is 2.96. The molecule has 1 N–H and O–H groups in total. The van der Waals surface area contributed by atoms with E-state index in [0.29, 0.717) is 25.7 Å². The van der Waals surface area contributed by atoms with Gasteiger partial charge in [-0.3, -0.25) is 0 Å². The number of methoxy groups -OCH3 is 1. The van der Waals surface area contributed by atoms with Gasteiger partial charge in [-0.1, -0.05) is 6.92 Å². The number of hydrogen-bond acceptors (Lipinski definition) is 6. The molecule has 1 rings (SSSR count). The van der Waals surface area contributed by atoms with E-state index in [1.54, 1.807) is 7.11 Å². The second kappa shape index (κ2) is 10.3. The molecule has 0 saturated heterocycles. The van der Waals surface area contributed by atoms with E-state index in [4.69, 9.17) is 14.2 Å². The van der Waals surface area contributed by atoms with Crippen molar-refractivity contribution in [2.75, 3.05) is 45.9 Å². The highest BCUT2D eigenvalue weighted by Gasteiger charge is 2.10. The number of aromatic nitrogens is 2. The average molecular weight is 297 g/mol. The number of nitrogens with zero attached hydrogens (tertiary/aromatic N) is 2. The molecule has 0 fully saturated rings. The molecule has 0 aromatic carbocycles. The molecular weight excluding hydrogens is 270 g/mol. The van der Waals surface area contributed by atoms with Gasteiger partial charge in [0.2, 0.25) is 5.88 Å². The van der Waals surface area contributed by atoms with E-state index >= 15 is 0 Å². The van der Waals surface area contributed by atoms with Crippen LogP contribution in [0.2, 0.25) is 0 Å². The molecular formula is C15H27N3O3. The molecule has 120 valence electrons. The van der Waals surface area contributed by atoms with Crippen molar-refractivity contribution in [3.8, 4) is 5.88 Å². The van der Waals surface area contributed by atoms with Gasteiger partial charge in [-0.15, -0.1) is 0 Å². The van der Waals surface area contributed by atoms with Gasteiger partial charge in [0.05, 0.1) is 12.2 Å². The maximum Gasteiger partial charge on any atom is 0.221 e.